The van der Waals surface area contributed by atoms with E-state index in [1.54, 1.807) is 24.8 Å². The van der Waals surface area contributed by atoms with Gasteiger partial charge in [-0.15, -0.1) is 0 Å². The standard InChI is InChI=1S/C14H17ClN4O/c1-10(2)9-20-14-12(15)5-11(7-19-14)6-18-13-8-16-3-4-17-13/h3-5,7-8,10H,6,9H2,1-2H3,(H,17,18). The summed E-state index contributed by atoms with van der Waals surface area (Å²) in [7, 11) is 0. The Morgan fingerprint density at radius 2 is 2.10 bits per heavy atom. The highest BCUT2D eigenvalue weighted by Crippen LogP contribution is 2.23. The topological polar surface area (TPSA) is 59.9 Å². The fourth-order valence-electron chi connectivity index (χ4n) is 1.50. The summed E-state index contributed by atoms with van der Waals surface area (Å²) in [5.41, 5.74) is 0.956. The molecule has 0 bridgehead atoms. The number of anilines is 1. The lowest BCUT2D eigenvalue weighted by molar-refractivity contribution is 0.261. The molecule has 1 N–H and O–H groups in total. The summed E-state index contributed by atoms with van der Waals surface area (Å²) >= 11 is 6.15. The van der Waals surface area contributed by atoms with Gasteiger partial charge in [-0.2, -0.15) is 0 Å². The van der Waals surface area contributed by atoms with Crippen molar-refractivity contribution in [3.05, 3.63) is 41.4 Å². The van der Waals surface area contributed by atoms with Crippen molar-refractivity contribution in [2.24, 2.45) is 5.92 Å². The first-order valence-electron chi connectivity index (χ1n) is 6.42. The monoisotopic (exact) mass is 292 g/mol. The van der Waals surface area contributed by atoms with E-state index in [1.807, 2.05) is 6.07 Å². The second-order valence-electron chi connectivity index (χ2n) is 4.78. The number of halogens is 1. The first-order valence-corrected chi connectivity index (χ1v) is 6.80. The van der Waals surface area contributed by atoms with E-state index in [0.29, 0.717) is 35.8 Å². The average Bonchev–Trinajstić information content (AvgIpc) is 2.45. The number of hydrogen-bond acceptors (Lipinski definition) is 5. The highest BCUT2D eigenvalue weighted by molar-refractivity contribution is 6.31. The zero-order valence-electron chi connectivity index (χ0n) is 11.5. The van der Waals surface area contributed by atoms with Gasteiger partial charge in [-0.3, -0.25) is 4.98 Å². The maximum absolute atomic E-state index is 6.15. The maximum Gasteiger partial charge on any atom is 0.232 e. The number of ether oxygens (including phenoxy) is 1. The molecule has 0 atom stereocenters. The molecule has 0 aromatic carbocycles. The molecule has 0 unspecified atom stereocenters. The largest absolute Gasteiger partial charge is 0.476 e. The van der Waals surface area contributed by atoms with Crippen LogP contribution in [0.3, 0.4) is 0 Å². The van der Waals surface area contributed by atoms with Crippen molar-refractivity contribution in [1.82, 2.24) is 15.0 Å². The summed E-state index contributed by atoms with van der Waals surface area (Å²) in [5, 5.41) is 3.66. The minimum absolute atomic E-state index is 0.436. The van der Waals surface area contributed by atoms with Gasteiger partial charge in [0.05, 0.1) is 12.8 Å². The van der Waals surface area contributed by atoms with Gasteiger partial charge in [0.2, 0.25) is 5.88 Å². The summed E-state index contributed by atoms with van der Waals surface area (Å²) in [4.78, 5) is 12.3. The number of aromatic nitrogens is 3. The van der Waals surface area contributed by atoms with Gasteiger partial charge < -0.3 is 10.1 Å². The molecule has 0 saturated carbocycles. The molecule has 0 spiro atoms. The number of nitrogens with one attached hydrogen (secondary N) is 1. The van der Waals surface area contributed by atoms with Crippen LogP contribution in [-0.2, 0) is 6.54 Å². The van der Waals surface area contributed by atoms with Crippen LogP contribution in [0.25, 0.3) is 0 Å². The molecule has 5 nitrogen and oxygen atoms in total. The van der Waals surface area contributed by atoms with E-state index in [0.717, 1.165) is 5.56 Å². The molecule has 20 heavy (non-hydrogen) atoms. The third-order valence-electron chi connectivity index (χ3n) is 2.45. The Kier molecular flexibility index (Phi) is 5.12. The lowest BCUT2D eigenvalue weighted by atomic mass is 10.2. The van der Waals surface area contributed by atoms with Gasteiger partial charge in [0.15, 0.2) is 0 Å². The van der Waals surface area contributed by atoms with E-state index in [1.165, 1.54) is 0 Å². The van der Waals surface area contributed by atoms with E-state index >= 15 is 0 Å². The Balaban J connectivity index is 1.95. The molecule has 0 aliphatic carbocycles. The Hall–Kier alpha value is -1.88. The van der Waals surface area contributed by atoms with Gasteiger partial charge in [0.1, 0.15) is 10.8 Å². The van der Waals surface area contributed by atoms with Crippen molar-refractivity contribution in [1.29, 1.82) is 0 Å². The molecule has 2 heterocycles. The predicted octanol–water partition coefficient (Wildman–Crippen LogP) is 3.17. The van der Waals surface area contributed by atoms with Crippen LogP contribution in [0.4, 0.5) is 5.82 Å². The van der Waals surface area contributed by atoms with Crippen LogP contribution in [0.5, 0.6) is 5.88 Å². The van der Waals surface area contributed by atoms with Gasteiger partial charge in [0, 0.05) is 25.1 Å². The average molecular weight is 293 g/mol. The Morgan fingerprint density at radius 1 is 1.25 bits per heavy atom. The smallest absolute Gasteiger partial charge is 0.232 e. The first kappa shape index (κ1) is 14.5. The number of nitrogens with zero attached hydrogens (tertiary/aromatic N) is 3. The predicted molar refractivity (Wildman–Crippen MR) is 78.9 cm³/mol. The zero-order valence-corrected chi connectivity index (χ0v) is 12.3. The van der Waals surface area contributed by atoms with Gasteiger partial charge in [0.25, 0.3) is 0 Å². The summed E-state index contributed by atoms with van der Waals surface area (Å²) in [5.74, 6) is 1.62. The van der Waals surface area contributed by atoms with Crippen LogP contribution >= 0.6 is 11.6 Å². The quantitative estimate of drug-likeness (QED) is 0.886. The molecule has 2 rings (SSSR count). The van der Waals surface area contributed by atoms with Crippen LogP contribution < -0.4 is 10.1 Å². The van der Waals surface area contributed by atoms with E-state index in [4.69, 9.17) is 16.3 Å². The SMILES string of the molecule is CC(C)COc1ncc(CNc2cnccn2)cc1Cl. The van der Waals surface area contributed by atoms with E-state index < -0.39 is 0 Å². The van der Waals surface area contributed by atoms with Crippen molar-refractivity contribution in [3.8, 4) is 5.88 Å². The van der Waals surface area contributed by atoms with Crippen molar-refractivity contribution >= 4 is 17.4 Å². The molecule has 0 amide bonds. The third-order valence-corrected chi connectivity index (χ3v) is 2.73. The summed E-state index contributed by atoms with van der Waals surface area (Å²) < 4.78 is 5.53. The second kappa shape index (κ2) is 7.05. The number of rotatable bonds is 6. The molecule has 2 aromatic rings. The van der Waals surface area contributed by atoms with Crippen LogP contribution in [-0.4, -0.2) is 21.6 Å². The van der Waals surface area contributed by atoms with Crippen molar-refractivity contribution in [3.63, 3.8) is 0 Å². The lowest BCUT2D eigenvalue weighted by Gasteiger charge is -2.10. The van der Waals surface area contributed by atoms with Gasteiger partial charge in [-0.1, -0.05) is 25.4 Å². The lowest BCUT2D eigenvalue weighted by Crippen LogP contribution is -2.07. The minimum atomic E-state index is 0.436. The summed E-state index contributed by atoms with van der Waals surface area (Å²) in [6, 6.07) is 1.84. The Labute approximate surface area is 123 Å². The van der Waals surface area contributed by atoms with Crippen LogP contribution in [0.15, 0.2) is 30.9 Å². The molecule has 6 heteroatoms. The molecule has 2 aromatic heterocycles. The van der Waals surface area contributed by atoms with Crippen molar-refractivity contribution in [2.75, 3.05) is 11.9 Å². The fourth-order valence-corrected chi connectivity index (χ4v) is 1.74. The molecule has 0 aliphatic rings. The minimum Gasteiger partial charge on any atom is -0.476 e. The van der Waals surface area contributed by atoms with Crippen LogP contribution in [0.1, 0.15) is 19.4 Å². The molecule has 0 radical (unpaired) electrons. The van der Waals surface area contributed by atoms with Gasteiger partial charge in [-0.25, -0.2) is 9.97 Å². The normalized spacial score (nSPS) is 10.6. The Bertz CT molecular complexity index is 548. The molecule has 106 valence electrons. The fraction of sp³-hybridized carbons (Fsp3) is 0.357. The molecule has 0 saturated heterocycles. The summed E-state index contributed by atoms with van der Waals surface area (Å²) in [6.07, 6.45) is 6.67. The highest BCUT2D eigenvalue weighted by atomic mass is 35.5. The van der Waals surface area contributed by atoms with E-state index in [2.05, 4.69) is 34.1 Å². The van der Waals surface area contributed by atoms with E-state index in [9.17, 15) is 0 Å². The van der Waals surface area contributed by atoms with E-state index in [-0.39, 0.29) is 0 Å². The molecular formula is C14H17ClN4O. The molecule has 0 aliphatic heterocycles. The molecule has 0 fully saturated rings. The first-order chi connectivity index (χ1) is 9.65. The second-order valence-corrected chi connectivity index (χ2v) is 5.19. The van der Waals surface area contributed by atoms with Crippen molar-refractivity contribution < 1.29 is 4.74 Å². The highest BCUT2D eigenvalue weighted by Gasteiger charge is 2.06. The van der Waals surface area contributed by atoms with Crippen LogP contribution in [0, 0.1) is 5.92 Å². The molecular weight excluding hydrogens is 276 g/mol. The number of pyridine rings is 1. The number of hydrogen-bond donors (Lipinski definition) is 1. The Morgan fingerprint density at radius 3 is 2.75 bits per heavy atom. The van der Waals surface area contributed by atoms with Gasteiger partial charge >= 0.3 is 0 Å². The van der Waals surface area contributed by atoms with Crippen LogP contribution in [0.2, 0.25) is 5.02 Å². The third kappa shape index (κ3) is 4.35. The van der Waals surface area contributed by atoms with Gasteiger partial charge in [-0.05, 0) is 17.5 Å². The summed E-state index contributed by atoms with van der Waals surface area (Å²) in [6.45, 7) is 5.33. The zero-order chi connectivity index (χ0) is 14.4. The maximum atomic E-state index is 6.15. The van der Waals surface area contributed by atoms with Crippen molar-refractivity contribution in [2.45, 2.75) is 20.4 Å².